The van der Waals surface area contributed by atoms with Crippen molar-refractivity contribution in [2.75, 3.05) is 31.6 Å². The largest absolute Gasteiger partial charge is 0.435 e. The Bertz CT molecular complexity index is 1010. The summed E-state index contributed by atoms with van der Waals surface area (Å²) in [6.45, 7) is -0.883. The van der Waals surface area contributed by atoms with Gasteiger partial charge in [-0.15, -0.1) is 0 Å². The fourth-order valence-electron chi connectivity index (χ4n) is 5.85. The van der Waals surface area contributed by atoms with E-state index in [0.29, 0.717) is 24.2 Å². The van der Waals surface area contributed by atoms with Gasteiger partial charge in [0.1, 0.15) is 18.5 Å². The normalized spacial score (nSPS) is 27.2. The number of fused-ring (bicyclic) bond motifs is 1. The SMILES string of the molecule is O=C(Nc1ccc(OC(F)F)cc1)C1NNC2CCC(c3cnn(C4CCN(CCF)CC4)c3)CC21. The summed E-state index contributed by atoms with van der Waals surface area (Å²) in [6, 6.07) is 6.08. The number of nitrogens with one attached hydrogen (secondary N) is 3. The molecule has 1 aromatic carbocycles. The highest BCUT2D eigenvalue weighted by molar-refractivity contribution is 5.95. The van der Waals surface area contributed by atoms with Gasteiger partial charge in [0.2, 0.25) is 5.91 Å². The lowest BCUT2D eigenvalue weighted by Gasteiger charge is -2.32. The minimum absolute atomic E-state index is 0.0460. The van der Waals surface area contributed by atoms with Crippen LogP contribution in [0.15, 0.2) is 36.7 Å². The number of ether oxygens (including phenoxy) is 1. The van der Waals surface area contributed by atoms with Crippen LogP contribution in [0.2, 0.25) is 0 Å². The number of alkyl halides is 3. The van der Waals surface area contributed by atoms with Gasteiger partial charge in [0.15, 0.2) is 0 Å². The van der Waals surface area contributed by atoms with Crippen molar-refractivity contribution in [2.24, 2.45) is 5.92 Å². The molecule has 36 heavy (non-hydrogen) atoms. The quantitative estimate of drug-likeness (QED) is 0.509. The highest BCUT2D eigenvalue weighted by atomic mass is 19.3. The van der Waals surface area contributed by atoms with Crippen molar-refractivity contribution in [1.29, 1.82) is 0 Å². The van der Waals surface area contributed by atoms with Crippen LogP contribution in [0.3, 0.4) is 0 Å². The number of amides is 1. The molecule has 11 heteroatoms. The summed E-state index contributed by atoms with van der Waals surface area (Å²) in [6.07, 6.45) is 8.92. The Kier molecular flexibility index (Phi) is 7.78. The molecule has 8 nitrogen and oxygen atoms in total. The first-order chi connectivity index (χ1) is 17.5. The predicted molar refractivity (Wildman–Crippen MR) is 129 cm³/mol. The summed E-state index contributed by atoms with van der Waals surface area (Å²) in [5.41, 5.74) is 8.18. The number of hydrogen-bond donors (Lipinski definition) is 3. The van der Waals surface area contributed by atoms with E-state index in [0.717, 1.165) is 45.2 Å². The number of carbonyl (C=O) groups is 1. The Morgan fingerprint density at radius 1 is 1.14 bits per heavy atom. The Hall–Kier alpha value is -2.63. The second kappa shape index (κ2) is 11.2. The lowest BCUT2D eigenvalue weighted by molar-refractivity contribution is -0.119. The zero-order chi connectivity index (χ0) is 25.1. The molecule has 3 aliphatic rings. The Morgan fingerprint density at radius 3 is 2.64 bits per heavy atom. The maximum Gasteiger partial charge on any atom is 0.387 e. The van der Waals surface area contributed by atoms with Crippen molar-refractivity contribution in [1.82, 2.24) is 25.5 Å². The summed E-state index contributed by atoms with van der Waals surface area (Å²) in [4.78, 5) is 15.2. The minimum Gasteiger partial charge on any atom is -0.435 e. The van der Waals surface area contributed by atoms with E-state index < -0.39 is 12.7 Å². The third kappa shape index (κ3) is 5.68. The van der Waals surface area contributed by atoms with Gasteiger partial charge in [-0.1, -0.05) is 0 Å². The van der Waals surface area contributed by atoms with E-state index in [-0.39, 0.29) is 30.3 Å². The van der Waals surface area contributed by atoms with Gasteiger partial charge in [0, 0.05) is 43.5 Å². The molecule has 0 radical (unpaired) electrons. The number of piperidine rings is 1. The summed E-state index contributed by atoms with van der Waals surface area (Å²) >= 11 is 0. The third-order valence-electron chi connectivity index (χ3n) is 7.81. The number of benzene rings is 1. The monoisotopic (exact) mass is 506 g/mol. The third-order valence-corrected chi connectivity index (χ3v) is 7.81. The average molecular weight is 507 g/mol. The molecule has 1 aromatic heterocycles. The lowest BCUT2D eigenvalue weighted by Crippen LogP contribution is -2.42. The van der Waals surface area contributed by atoms with Crippen molar-refractivity contribution >= 4 is 11.6 Å². The summed E-state index contributed by atoms with van der Waals surface area (Å²) in [5.74, 6) is 0.338. The van der Waals surface area contributed by atoms with Crippen LogP contribution in [0.4, 0.5) is 18.9 Å². The number of halogens is 3. The van der Waals surface area contributed by atoms with Crippen LogP contribution < -0.4 is 20.9 Å². The predicted octanol–water partition coefficient (Wildman–Crippen LogP) is 3.46. The standard InChI is InChI=1S/C25H33F3N6O2/c26-9-12-33-10-7-19(8-11-33)34-15-17(14-29-34)16-1-6-22-21(13-16)23(32-31-22)24(35)30-18-2-4-20(5-3-18)36-25(27)28/h2-5,14-16,19,21-23,25,31-32H,1,6-13H2,(H,30,35). The maximum atomic E-state index is 13.1. The van der Waals surface area contributed by atoms with Crippen molar-refractivity contribution in [2.45, 2.75) is 62.8 Å². The first kappa shape index (κ1) is 25.0. The fourth-order valence-corrected chi connectivity index (χ4v) is 5.85. The van der Waals surface area contributed by atoms with Gasteiger partial charge in [-0.2, -0.15) is 13.9 Å². The zero-order valence-corrected chi connectivity index (χ0v) is 20.1. The molecule has 1 amide bonds. The molecule has 2 aliphatic heterocycles. The lowest BCUT2D eigenvalue weighted by atomic mass is 9.74. The molecule has 3 heterocycles. The molecule has 3 N–H and O–H groups in total. The number of rotatable bonds is 8. The van der Waals surface area contributed by atoms with E-state index in [1.54, 1.807) is 12.1 Å². The molecule has 5 rings (SSSR count). The smallest absolute Gasteiger partial charge is 0.387 e. The van der Waals surface area contributed by atoms with E-state index in [4.69, 9.17) is 0 Å². The van der Waals surface area contributed by atoms with Gasteiger partial charge in [-0.05, 0) is 67.9 Å². The molecule has 1 saturated carbocycles. The molecule has 2 saturated heterocycles. The van der Waals surface area contributed by atoms with Gasteiger partial charge in [-0.25, -0.2) is 9.82 Å². The number of likely N-dealkylation sites (tertiary alicyclic amines) is 1. The van der Waals surface area contributed by atoms with E-state index in [9.17, 15) is 18.0 Å². The van der Waals surface area contributed by atoms with Gasteiger partial charge in [0.25, 0.3) is 0 Å². The van der Waals surface area contributed by atoms with Crippen LogP contribution in [0.1, 0.15) is 49.6 Å². The Labute approximate surface area is 208 Å². The zero-order valence-electron chi connectivity index (χ0n) is 20.1. The van der Waals surface area contributed by atoms with E-state index >= 15 is 0 Å². The number of carbonyl (C=O) groups excluding carboxylic acids is 1. The molecule has 0 spiro atoms. The highest BCUT2D eigenvalue weighted by Gasteiger charge is 2.44. The molecule has 4 unspecified atom stereocenters. The van der Waals surface area contributed by atoms with Gasteiger partial charge in [-0.3, -0.25) is 14.9 Å². The number of nitrogens with zero attached hydrogens (tertiary/aromatic N) is 3. The average Bonchev–Trinajstić information content (AvgIpc) is 3.53. The number of aromatic nitrogens is 2. The van der Waals surface area contributed by atoms with Crippen molar-refractivity contribution in [3.63, 3.8) is 0 Å². The summed E-state index contributed by atoms with van der Waals surface area (Å²) in [7, 11) is 0. The van der Waals surface area contributed by atoms with Crippen LogP contribution in [-0.2, 0) is 4.79 Å². The van der Waals surface area contributed by atoms with Gasteiger partial charge in [0.05, 0.1) is 12.2 Å². The number of anilines is 1. The van der Waals surface area contributed by atoms with Crippen LogP contribution in [0.25, 0.3) is 0 Å². The second-order valence-corrected chi connectivity index (χ2v) is 9.95. The van der Waals surface area contributed by atoms with E-state index in [1.165, 1.54) is 17.7 Å². The van der Waals surface area contributed by atoms with Crippen molar-refractivity contribution < 1.29 is 22.7 Å². The molecule has 2 aromatic rings. The van der Waals surface area contributed by atoms with Crippen LogP contribution >= 0.6 is 0 Å². The number of hydrogen-bond acceptors (Lipinski definition) is 6. The van der Waals surface area contributed by atoms with Crippen molar-refractivity contribution in [3.05, 3.63) is 42.2 Å². The Morgan fingerprint density at radius 2 is 1.92 bits per heavy atom. The molecule has 1 aliphatic carbocycles. The van der Waals surface area contributed by atoms with Crippen LogP contribution in [-0.4, -0.2) is 65.6 Å². The van der Waals surface area contributed by atoms with E-state index in [2.05, 4.69) is 41.8 Å². The topological polar surface area (TPSA) is 83.5 Å². The fraction of sp³-hybridized carbons (Fsp3) is 0.600. The molecular formula is C25H33F3N6O2. The first-order valence-corrected chi connectivity index (χ1v) is 12.7. The maximum absolute atomic E-state index is 13.1. The van der Waals surface area contributed by atoms with Gasteiger partial charge < -0.3 is 15.0 Å². The highest BCUT2D eigenvalue weighted by Crippen LogP contribution is 2.40. The van der Waals surface area contributed by atoms with Crippen molar-refractivity contribution in [3.8, 4) is 5.75 Å². The van der Waals surface area contributed by atoms with E-state index in [1.807, 2.05) is 6.20 Å². The minimum atomic E-state index is -2.89. The first-order valence-electron chi connectivity index (χ1n) is 12.7. The molecule has 4 atom stereocenters. The molecule has 0 bridgehead atoms. The summed E-state index contributed by atoms with van der Waals surface area (Å²) < 4.78 is 43.8. The Balaban J connectivity index is 1.18. The molecular weight excluding hydrogens is 473 g/mol. The number of hydrazine groups is 1. The molecule has 3 fully saturated rings. The second-order valence-electron chi connectivity index (χ2n) is 9.95. The van der Waals surface area contributed by atoms with Gasteiger partial charge >= 0.3 is 6.61 Å². The molecule has 196 valence electrons. The summed E-state index contributed by atoms with van der Waals surface area (Å²) in [5, 5.41) is 7.55. The van der Waals surface area contributed by atoms with Crippen LogP contribution in [0.5, 0.6) is 5.75 Å². The van der Waals surface area contributed by atoms with Crippen LogP contribution in [0, 0.1) is 5.92 Å².